The van der Waals surface area contributed by atoms with Gasteiger partial charge < -0.3 is 9.80 Å². The Labute approximate surface area is 133 Å². The highest BCUT2D eigenvalue weighted by atomic mass is 35.5. The van der Waals surface area contributed by atoms with E-state index in [4.69, 9.17) is 11.6 Å². The van der Waals surface area contributed by atoms with Gasteiger partial charge in [-0.3, -0.25) is 9.59 Å². The number of hydrogen-bond donors (Lipinski definition) is 0. The van der Waals surface area contributed by atoms with Gasteiger partial charge in [0, 0.05) is 37.1 Å². The van der Waals surface area contributed by atoms with E-state index in [1.54, 1.807) is 4.90 Å². The first kappa shape index (κ1) is 15.3. The van der Waals surface area contributed by atoms with E-state index in [2.05, 4.69) is 0 Å². The second kappa shape index (κ2) is 6.24. The van der Waals surface area contributed by atoms with Crippen molar-refractivity contribution in [3.05, 3.63) is 34.6 Å². The Kier molecular flexibility index (Phi) is 4.34. The van der Waals surface area contributed by atoms with Crippen molar-refractivity contribution in [3.8, 4) is 0 Å². The maximum absolute atomic E-state index is 13.8. The molecule has 1 aliphatic carbocycles. The van der Waals surface area contributed by atoms with Gasteiger partial charge in [0.15, 0.2) is 0 Å². The van der Waals surface area contributed by atoms with Crippen LogP contribution in [0.1, 0.15) is 29.6 Å². The number of piperazine rings is 1. The van der Waals surface area contributed by atoms with Gasteiger partial charge in [0.05, 0.1) is 5.56 Å². The van der Waals surface area contributed by atoms with Crippen LogP contribution in [0.4, 0.5) is 4.39 Å². The molecular formula is C16H18ClFN2O2. The Morgan fingerprint density at radius 1 is 1.09 bits per heavy atom. The van der Waals surface area contributed by atoms with Crippen LogP contribution in [0.15, 0.2) is 18.2 Å². The summed E-state index contributed by atoms with van der Waals surface area (Å²) < 4.78 is 13.8. The van der Waals surface area contributed by atoms with Crippen molar-refractivity contribution in [1.29, 1.82) is 0 Å². The number of rotatable bonds is 2. The molecule has 1 saturated heterocycles. The minimum atomic E-state index is -0.567. The molecule has 1 aromatic carbocycles. The zero-order valence-electron chi connectivity index (χ0n) is 12.2. The molecule has 22 heavy (non-hydrogen) atoms. The average molecular weight is 325 g/mol. The summed E-state index contributed by atoms with van der Waals surface area (Å²) in [6, 6.07) is 3.97. The number of hydrogen-bond acceptors (Lipinski definition) is 2. The lowest BCUT2D eigenvalue weighted by Gasteiger charge is -2.38. The van der Waals surface area contributed by atoms with Crippen LogP contribution in [-0.4, -0.2) is 47.8 Å². The fourth-order valence-electron chi connectivity index (χ4n) is 2.88. The molecule has 0 radical (unpaired) electrons. The molecule has 2 fully saturated rings. The van der Waals surface area contributed by atoms with Gasteiger partial charge in [-0.25, -0.2) is 4.39 Å². The van der Waals surface area contributed by atoms with Crippen LogP contribution >= 0.6 is 11.6 Å². The maximum atomic E-state index is 13.8. The summed E-state index contributed by atoms with van der Waals surface area (Å²) in [4.78, 5) is 27.9. The fraction of sp³-hybridized carbons (Fsp3) is 0.500. The average Bonchev–Trinajstić information content (AvgIpc) is 2.47. The first-order valence-electron chi connectivity index (χ1n) is 7.59. The molecule has 1 aromatic rings. The Morgan fingerprint density at radius 3 is 2.32 bits per heavy atom. The molecule has 0 spiro atoms. The third-order valence-corrected chi connectivity index (χ3v) is 4.73. The van der Waals surface area contributed by atoms with E-state index in [0.717, 1.165) is 19.3 Å². The lowest BCUT2D eigenvalue weighted by molar-refractivity contribution is -0.139. The highest BCUT2D eigenvalue weighted by Gasteiger charge is 2.32. The summed E-state index contributed by atoms with van der Waals surface area (Å²) in [6.07, 6.45) is 3.08. The van der Waals surface area contributed by atoms with Crippen LogP contribution in [0.25, 0.3) is 0 Å². The van der Waals surface area contributed by atoms with E-state index >= 15 is 0 Å². The van der Waals surface area contributed by atoms with E-state index in [9.17, 15) is 14.0 Å². The predicted molar refractivity (Wildman–Crippen MR) is 81.2 cm³/mol. The van der Waals surface area contributed by atoms with Crippen molar-refractivity contribution in [2.45, 2.75) is 19.3 Å². The Morgan fingerprint density at radius 2 is 1.73 bits per heavy atom. The SMILES string of the molecule is O=C(c1cc(Cl)ccc1F)N1CCN(C(=O)C2CCC2)CC1. The van der Waals surface area contributed by atoms with Gasteiger partial charge in [-0.15, -0.1) is 0 Å². The summed E-state index contributed by atoms with van der Waals surface area (Å²) in [6.45, 7) is 1.90. The maximum Gasteiger partial charge on any atom is 0.257 e. The zero-order valence-corrected chi connectivity index (χ0v) is 13.0. The lowest BCUT2D eigenvalue weighted by Crippen LogP contribution is -2.52. The molecular weight excluding hydrogens is 307 g/mol. The van der Waals surface area contributed by atoms with Crippen LogP contribution in [-0.2, 0) is 4.79 Å². The van der Waals surface area contributed by atoms with Crippen molar-refractivity contribution in [1.82, 2.24) is 9.80 Å². The molecule has 1 heterocycles. The summed E-state index contributed by atoms with van der Waals surface area (Å²) in [5.74, 6) is -0.557. The van der Waals surface area contributed by atoms with E-state index in [0.29, 0.717) is 31.2 Å². The van der Waals surface area contributed by atoms with Crippen molar-refractivity contribution >= 4 is 23.4 Å². The van der Waals surface area contributed by atoms with Gasteiger partial charge >= 0.3 is 0 Å². The molecule has 2 amide bonds. The van der Waals surface area contributed by atoms with Gasteiger partial charge in [-0.1, -0.05) is 18.0 Å². The number of halogens is 2. The first-order chi connectivity index (χ1) is 10.6. The normalized spacial score (nSPS) is 19.0. The largest absolute Gasteiger partial charge is 0.339 e. The standard InChI is InChI=1S/C16H18ClFN2O2/c17-12-4-5-14(18)13(10-12)16(22)20-8-6-19(7-9-20)15(21)11-2-1-3-11/h4-5,10-11H,1-3,6-9H2. The van der Waals surface area contributed by atoms with E-state index in [1.165, 1.54) is 18.2 Å². The fourth-order valence-corrected chi connectivity index (χ4v) is 3.05. The molecule has 1 aliphatic heterocycles. The van der Waals surface area contributed by atoms with Gasteiger partial charge in [-0.05, 0) is 31.0 Å². The third kappa shape index (κ3) is 2.95. The number of amides is 2. The van der Waals surface area contributed by atoms with Gasteiger partial charge in [0.1, 0.15) is 5.82 Å². The van der Waals surface area contributed by atoms with E-state index in [1.807, 2.05) is 4.90 Å². The third-order valence-electron chi connectivity index (χ3n) is 4.49. The topological polar surface area (TPSA) is 40.6 Å². The highest BCUT2D eigenvalue weighted by Crippen LogP contribution is 2.28. The summed E-state index contributed by atoms with van der Waals surface area (Å²) in [7, 11) is 0. The van der Waals surface area contributed by atoms with E-state index in [-0.39, 0.29) is 23.3 Å². The van der Waals surface area contributed by atoms with Crippen molar-refractivity contribution < 1.29 is 14.0 Å². The molecule has 0 bridgehead atoms. The summed E-state index contributed by atoms with van der Waals surface area (Å²) >= 11 is 5.83. The number of carbonyl (C=O) groups is 2. The number of carbonyl (C=O) groups excluding carboxylic acids is 2. The second-order valence-corrected chi connectivity index (χ2v) is 6.31. The molecule has 0 N–H and O–H groups in total. The smallest absolute Gasteiger partial charge is 0.257 e. The molecule has 0 aromatic heterocycles. The van der Waals surface area contributed by atoms with Crippen LogP contribution in [0.2, 0.25) is 5.02 Å². The monoisotopic (exact) mass is 324 g/mol. The minimum Gasteiger partial charge on any atom is -0.339 e. The molecule has 3 rings (SSSR count). The molecule has 0 unspecified atom stereocenters. The molecule has 1 saturated carbocycles. The summed E-state index contributed by atoms with van der Waals surface area (Å²) in [5.41, 5.74) is -0.00808. The van der Waals surface area contributed by atoms with E-state index < -0.39 is 5.82 Å². The quantitative estimate of drug-likeness (QED) is 0.839. The van der Waals surface area contributed by atoms with Crippen LogP contribution < -0.4 is 0 Å². The van der Waals surface area contributed by atoms with Gasteiger partial charge in [-0.2, -0.15) is 0 Å². The molecule has 6 heteroatoms. The van der Waals surface area contributed by atoms with Crippen LogP contribution in [0, 0.1) is 11.7 Å². The highest BCUT2D eigenvalue weighted by molar-refractivity contribution is 6.31. The van der Waals surface area contributed by atoms with Crippen molar-refractivity contribution in [2.75, 3.05) is 26.2 Å². The van der Waals surface area contributed by atoms with Crippen molar-refractivity contribution in [2.24, 2.45) is 5.92 Å². The first-order valence-corrected chi connectivity index (χ1v) is 7.97. The molecule has 2 aliphatic rings. The Bertz CT molecular complexity index is 596. The number of benzene rings is 1. The van der Waals surface area contributed by atoms with Crippen LogP contribution in [0.3, 0.4) is 0 Å². The Balaban J connectivity index is 1.62. The summed E-state index contributed by atoms with van der Waals surface area (Å²) in [5, 5.41) is 0.337. The second-order valence-electron chi connectivity index (χ2n) is 5.87. The molecule has 118 valence electrons. The van der Waals surface area contributed by atoms with Gasteiger partial charge in [0.25, 0.3) is 5.91 Å². The lowest BCUT2D eigenvalue weighted by atomic mass is 9.84. The molecule has 4 nitrogen and oxygen atoms in total. The minimum absolute atomic E-state index is 0.00808. The van der Waals surface area contributed by atoms with Gasteiger partial charge in [0.2, 0.25) is 5.91 Å². The predicted octanol–water partition coefficient (Wildman–Crippen LogP) is 2.56. The Hall–Kier alpha value is -1.62. The van der Waals surface area contributed by atoms with Crippen molar-refractivity contribution in [3.63, 3.8) is 0 Å². The zero-order chi connectivity index (χ0) is 15.7. The van der Waals surface area contributed by atoms with Crippen LogP contribution in [0.5, 0.6) is 0 Å². The number of nitrogens with zero attached hydrogens (tertiary/aromatic N) is 2. The molecule has 0 atom stereocenters.